The van der Waals surface area contributed by atoms with Crippen molar-refractivity contribution in [1.29, 1.82) is 0 Å². The van der Waals surface area contributed by atoms with Gasteiger partial charge < -0.3 is 15.0 Å². The van der Waals surface area contributed by atoms with Crippen LogP contribution in [0, 0.1) is 10.1 Å². The van der Waals surface area contributed by atoms with E-state index in [0.717, 1.165) is 5.69 Å². The number of hydrogen-bond donors (Lipinski definition) is 2. The van der Waals surface area contributed by atoms with Gasteiger partial charge >= 0.3 is 5.69 Å². The molecule has 0 aliphatic carbocycles. The van der Waals surface area contributed by atoms with Gasteiger partial charge in [0.15, 0.2) is 12.4 Å². The first-order chi connectivity index (χ1) is 9.66. The van der Waals surface area contributed by atoms with E-state index in [2.05, 4.69) is 15.3 Å². The molecule has 0 aliphatic heterocycles. The summed E-state index contributed by atoms with van der Waals surface area (Å²) in [7, 11) is 0. The Hall–Kier alpha value is -2.90. The highest BCUT2D eigenvalue weighted by atomic mass is 16.6. The Morgan fingerprint density at radius 1 is 1.45 bits per heavy atom. The summed E-state index contributed by atoms with van der Waals surface area (Å²) >= 11 is 0. The molecule has 104 valence electrons. The van der Waals surface area contributed by atoms with Gasteiger partial charge in [-0.15, -0.1) is 0 Å². The Kier molecular flexibility index (Phi) is 4.28. The number of hydrogen-bond acceptors (Lipinski definition) is 5. The fourth-order valence-electron chi connectivity index (χ4n) is 1.50. The molecule has 0 radical (unpaired) electrons. The van der Waals surface area contributed by atoms with Crippen LogP contribution in [0.3, 0.4) is 0 Å². The molecule has 2 rings (SSSR count). The van der Waals surface area contributed by atoms with Crippen LogP contribution < -0.4 is 10.1 Å². The van der Waals surface area contributed by atoms with Crippen molar-refractivity contribution in [3.05, 3.63) is 52.6 Å². The number of aromatic amines is 1. The number of rotatable bonds is 6. The van der Waals surface area contributed by atoms with Crippen LogP contribution in [0.25, 0.3) is 0 Å². The lowest BCUT2D eigenvalue weighted by molar-refractivity contribution is -0.385. The topological polar surface area (TPSA) is 110 Å². The van der Waals surface area contributed by atoms with E-state index >= 15 is 0 Å². The highest BCUT2D eigenvalue weighted by Crippen LogP contribution is 2.25. The van der Waals surface area contributed by atoms with Crippen LogP contribution in [0.1, 0.15) is 5.69 Å². The predicted molar refractivity (Wildman–Crippen MR) is 69.0 cm³/mol. The molecule has 0 spiro atoms. The summed E-state index contributed by atoms with van der Waals surface area (Å²) in [6.45, 7) is -0.00192. The molecular formula is C12H12N4O4. The number of H-pyrrole nitrogens is 1. The number of nitrogens with zero attached hydrogens (tertiary/aromatic N) is 2. The zero-order valence-corrected chi connectivity index (χ0v) is 10.4. The zero-order valence-electron chi connectivity index (χ0n) is 10.4. The van der Waals surface area contributed by atoms with Gasteiger partial charge in [-0.3, -0.25) is 14.9 Å². The average Bonchev–Trinajstić information content (AvgIpc) is 2.96. The van der Waals surface area contributed by atoms with Crippen molar-refractivity contribution in [2.24, 2.45) is 0 Å². The number of aromatic nitrogens is 2. The Morgan fingerprint density at radius 2 is 2.25 bits per heavy atom. The maximum atomic E-state index is 11.6. The van der Waals surface area contributed by atoms with E-state index in [4.69, 9.17) is 4.74 Å². The summed E-state index contributed by atoms with van der Waals surface area (Å²) in [6.07, 6.45) is 3.09. The van der Waals surface area contributed by atoms with Gasteiger partial charge in [-0.05, 0) is 6.07 Å². The number of nitro groups is 1. The molecule has 2 N–H and O–H groups in total. The quantitative estimate of drug-likeness (QED) is 0.604. The second-order valence-electron chi connectivity index (χ2n) is 3.87. The Labute approximate surface area is 113 Å². The van der Waals surface area contributed by atoms with Crippen molar-refractivity contribution in [3.63, 3.8) is 0 Å². The Balaban J connectivity index is 1.85. The molecule has 0 aliphatic rings. The van der Waals surface area contributed by atoms with Crippen LogP contribution in [0.15, 0.2) is 36.8 Å². The highest BCUT2D eigenvalue weighted by molar-refractivity contribution is 5.77. The van der Waals surface area contributed by atoms with E-state index in [1.807, 2.05) is 0 Å². The normalized spacial score (nSPS) is 10.0. The Morgan fingerprint density at radius 3 is 2.95 bits per heavy atom. The number of amides is 1. The largest absolute Gasteiger partial charge is 0.477 e. The molecule has 1 amide bonds. The summed E-state index contributed by atoms with van der Waals surface area (Å²) < 4.78 is 5.15. The summed E-state index contributed by atoms with van der Waals surface area (Å²) in [5.41, 5.74) is 0.581. The monoisotopic (exact) mass is 276 g/mol. The minimum absolute atomic E-state index is 0.0641. The number of nitrogens with one attached hydrogen (secondary N) is 2. The Bertz CT molecular complexity index is 597. The van der Waals surface area contributed by atoms with Gasteiger partial charge in [-0.25, -0.2) is 4.98 Å². The van der Waals surface area contributed by atoms with Crippen molar-refractivity contribution in [2.45, 2.75) is 6.54 Å². The molecule has 0 atom stereocenters. The predicted octanol–water partition coefficient (Wildman–Crippen LogP) is 1.01. The molecule has 2 aromatic rings. The first kappa shape index (κ1) is 13.5. The van der Waals surface area contributed by atoms with Crippen LogP contribution in [0.5, 0.6) is 5.75 Å². The van der Waals surface area contributed by atoms with E-state index in [-0.39, 0.29) is 24.0 Å². The number of nitro benzene ring substituents is 1. The van der Waals surface area contributed by atoms with E-state index in [1.165, 1.54) is 24.5 Å². The smallest absolute Gasteiger partial charge is 0.310 e. The van der Waals surface area contributed by atoms with Crippen LogP contribution in [0.2, 0.25) is 0 Å². The third kappa shape index (κ3) is 3.55. The fraction of sp³-hybridized carbons (Fsp3) is 0.167. The number of benzene rings is 1. The molecule has 20 heavy (non-hydrogen) atoms. The molecule has 0 fully saturated rings. The molecule has 8 nitrogen and oxygen atoms in total. The van der Waals surface area contributed by atoms with Crippen LogP contribution in [0.4, 0.5) is 5.69 Å². The van der Waals surface area contributed by atoms with Gasteiger partial charge in [0, 0.05) is 12.3 Å². The molecule has 0 saturated heterocycles. The van der Waals surface area contributed by atoms with E-state index in [9.17, 15) is 14.9 Å². The van der Waals surface area contributed by atoms with Crippen molar-refractivity contribution < 1.29 is 14.5 Å². The lowest BCUT2D eigenvalue weighted by Gasteiger charge is -2.07. The lowest BCUT2D eigenvalue weighted by Crippen LogP contribution is -2.28. The van der Waals surface area contributed by atoms with E-state index in [0.29, 0.717) is 6.54 Å². The fourth-order valence-corrected chi connectivity index (χ4v) is 1.50. The number of imidazole rings is 1. The molecular weight excluding hydrogens is 264 g/mol. The summed E-state index contributed by atoms with van der Waals surface area (Å²) in [6, 6.07) is 5.90. The number of carbonyl (C=O) groups excluding carboxylic acids is 1. The zero-order chi connectivity index (χ0) is 14.4. The number of carbonyl (C=O) groups is 1. The van der Waals surface area contributed by atoms with Gasteiger partial charge in [-0.2, -0.15) is 0 Å². The molecule has 1 aromatic heterocycles. The highest BCUT2D eigenvalue weighted by Gasteiger charge is 2.14. The first-order valence-electron chi connectivity index (χ1n) is 5.77. The van der Waals surface area contributed by atoms with Gasteiger partial charge in [0.2, 0.25) is 0 Å². The molecule has 8 heteroatoms. The van der Waals surface area contributed by atoms with Crippen molar-refractivity contribution in [2.75, 3.05) is 6.61 Å². The third-order valence-corrected chi connectivity index (χ3v) is 2.45. The molecule has 0 saturated carbocycles. The molecule has 0 unspecified atom stereocenters. The van der Waals surface area contributed by atoms with Crippen LogP contribution in [-0.2, 0) is 11.3 Å². The van der Waals surface area contributed by atoms with Gasteiger partial charge in [-0.1, -0.05) is 12.1 Å². The van der Waals surface area contributed by atoms with Crippen molar-refractivity contribution in [1.82, 2.24) is 15.3 Å². The number of ether oxygens (including phenoxy) is 1. The van der Waals surface area contributed by atoms with E-state index < -0.39 is 4.92 Å². The van der Waals surface area contributed by atoms with Crippen molar-refractivity contribution >= 4 is 11.6 Å². The summed E-state index contributed by atoms with van der Waals surface area (Å²) in [5.74, 6) is -0.313. The second kappa shape index (κ2) is 6.32. The lowest BCUT2D eigenvalue weighted by atomic mass is 10.3. The third-order valence-electron chi connectivity index (χ3n) is 2.45. The first-order valence-corrected chi connectivity index (χ1v) is 5.77. The molecule has 1 aromatic carbocycles. The minimum Gasteiger partial charge on any atom is -0.477 e. The second-order valence-corrected chi connectivity index (χ2v) is 3.87. The minimum atomic E-state index is -0.558. The molecule has 1 heterocycles. The van der Waals surface area contributed by atoms with Gasteiger partial charge in [0.1, 0.15) is 0 Å². The van der Waals surface area contributed by atoms with Crippen molar-refractivity contribution in [3.8, 4) is 5.75 Å². The average molecular weight is 276 g/mol. The SMILES string of the molecule is O=C(COc1ccccc1[N+](=O)[O-])NCc1cnc[nH]1. The van der Waals surface area contributed by atoms with Gasteiger partial charge in [0.25, 0.3) is 5.91 Å². The van der Waals surface area contributed by atoms with Crippen LogP contribution >= 0.6 is 0 Å². The standard InChI is InChI=1S/C12H12N4O4/c17-12(14-6-9-5-13-8-15-9)7-20-11-4-2-1-3-10(11)16(18)19/h1-5,8H,6-7H2,(H,13,15)(H,14,17). The number of para-hydroxylation sites is 2. The van der Waals surface area contributed by atoms with E-state index in [1.54, 1.807) is 12.3 Å². The summed E-state index contributed by atoms with van der Waals surface area (Å²) in [4.78, 5) is 28.4. The maximum absolute atomic E-state index is 11.6. The van der Waals surface area contributed by atoms with Crippen LogP contribution in [-0.4, -0.2) is 27.4 Å². The van der Waals surface area contributed by atoms with Gasteiger partial charge in [0.05, 0.1) is 23.5 Å². The summed E-state index contributed by atoms with van der Waals surface area (Å²) in [5, 5.41) is 13.4. The molecule has 0 bridgehead atoms. The maximum Gasteiger partial charge on any atom is 0.310 e.